The summed E-state index contributed by atoms with van der Waals surface area (Å²) in [6.07, 6.45) is 2.99. The molecule has 4 nitrogen and oxygen atoms in total. The molecule has 4 heteroatoms. The number of rotatable bonds is 6. The first kappa shape index (κ1) is 13.2. The van der Waals surface area contributed by atoms with Crippen molar-refractivity contribution in [2.24, 2.45) is 24.6 Å². The van der Waals surface area contributed by atoms with Crippen molar-refractivity contribution in [1.82, 2.24) is 14.8 Å². The SMILES string of the molecule is CCC(CN)Cc1nc(CC(C)C)nn1C. The molecule has 1 rings (SSSR count). The molecule has 0 fully saturated rings. The molecule has 0 aromatic carbocycles. The average Bonchev–Trinajstić information content (AvgIpc) is 2.54. The fraction of sp³-hybridized carbons (Fsp3) is 0.833. The second kappa shape index (κ2) is 5.99. The monoisotopic (exact) mass is 224 g/mol. The van der Waals surface area contributed by atoms with Crippen molar-refractivity contribution in [3.8, 4) is 0 Å². The maximum atomic E-state index is 5.71. The topological polar surface area (TPSA) is 56.7 Å². The quantitative estimate of drug-likeness (QED) is 0.797. The molecule has 1 atom stereocenters. The van der Waals surface area contributed by atoms with Crippen molar-refractivity contribution in [3.05, 3.63) is 11.6 Å². The Kier molecular flexibility index (Phi) is 4.93. The Bertz CT molecular complexity index is 313. The molecule has 0 radical (unpaired) electrons. The zero-order valence-electron chi connectivity index (χ0n) is 10.9. The van der Waals surface area contributed by atoms with Gasteiger partial charge in [-0.25, -0.2) is 4.98 Å². The second-order valence-corrected chi connectivity index (χ2v) is 4.88. The van der Waals surface area contributed by atoms with Crippen molar-refractivity contribution >= 4 is 0 Å². The van der Waals surface area contributed by atoms with Crippen molar-refractivity contribution in [2.45, 2.75) is 40.0 Å². The van der Waals surface area contributed by atoms with Gasteiger partial charge in [0, 0.05) is 19.9 Å². The predicted octanol–water partition coefficient (Wildman–Crippen LogP) is 1.54. The summed E-state index contributed by atoms with van der Waals surface area (Å²) in [5.74, 6) is 3.15. The van der Waals surface area contributed by atoms with Gasteiger partial charge in [0.1, 0.15) is 5.82 Å². The number of nitrogens with zero attached hydrogens (tertiary/aromatic N) is 3. The molecule has 0 amide bonds. The molecule has 2 N–H and O–H groups in total. The maximum absolute atomic E-state index is 5.71. The highest BCUT2D eigenvalue weighted by molar-refractivity contribution is 4.95. The normalized spacial score (nSPS) is 13.4. The van der Waals surface area contributed by atoms with E-state index >= 15 is 0 Å². The molecule has 0 spiro atoms. The van der Waals surface area contributed by atoms with Crippen LogP contribution in [0.1, 0.15) is 38.8 Å². The van der Waals surface area contributed by atoms with Crippen LogP contribution < -0.4 is 5.73 Å². The summed E-state index contributed by atoms with van der Waals surface area (Å²) >= 11 is 0. The Labute approximate surface area is 98.2 Å². The molecule has 1 heterocycles. The molecule has 0 aliphatic heterocycles. The van der Waals surface area contributed by atoms with Gasteiger partial charge < -0.3 is 5.73 Å². The average molecular weight is 224 g/mol. The van der Waals surface area contributed by atoms with Crippen molar-refractivity contribution in [3.63, 3.8) is 0 Å². The van der Waals surface area contributed by atoms with Gasteiger partial charge in [0.2, 0.25) is 0 Å². The Morgan fingerprint density at radius 2 is 2.00 bits per heavy atom. The minimum absolute atomic E-state index is 0.523. The van der Waals surface area contributed by atoms with Crippen LogP contribution in [0.15, 0.2) is 0 Å². The largest absolute Gasteiger partial charge is 0.330 e. The lowest BCUT2D eigenvalue weighted by molar-refractivity contribution is 0.492. The standard InChI is InChI=1S/C12H24N4/c1-5-10(8-13)7-12-14-11(6-9(2)3)15-16(12)4/h9-10H,5-8,13H2,1-4H3. The summed E-state index contributed by atoms with van der Waals surface area (Å²) in [6, 6.07) is 0. The molecule has 0 saturated carbocycles. The minimum atomic E-state index is 0.523. The molecule has 1 aromatic heterocycles. The molecule has 0 bridgehead atoms. The van der Waals surface area contributed by atoms with Gasteiger partial charge in [-0.1, -0.05) is 27.2 Å². The first-order valence-electron chi connectivity index (χ1n) is 6.15. The summed E-state index contributed by atoms with van der Waals surface area (Å²) in [4.78, 5) is 4.58. The molecule has 1 aromatic rings. The van der Waals surface area contributed by atoms with E-state index in [1.54, 1.807) is 0 Å². The molecule has 92 valence electrons. The van der Waals surface area contributed by atoms with Gasteiger partial charge in [0.15, 0.2) is 5.82 Å². The van der Waals surface area contributed by atoms with Crippen molar-refractivity contribution < 1.29 is 0 Å². The van der Waals surface area contributed by atoms with Gasteiger partial charge in [0.25, 0.3) is 0 Å². The fourth-order valence-corrected chi connectivity index (χ4v) is 1.76. The van der Waals surface area contributed by atoms with E-state index in [-0.39, 0.29) is 0 Å². The van der Waals surface area contributed by atoms with E-state index in [2.05, 4.69) is 30.9 Å². The molecule has 16 heavy (non-hydrogen) atoms. The number of nitrogens with two attached hydrogens (primary N) is 1. The van der Waals surface area contributed by atoms with Gasteiger partial charge in [-0.3, -0.25) is 4.68 Å². The van der Waals surface area contributed by atoms with E-state index in [0.717, 1.165) is 37.5 Å². The first-order chi connectivity index (χ1) is 7.56. The highest BCUT2D eigenvalue weighted by Crippen LogP contribution is 2.10. The summed E-state index contributed by atoms with van der Waals surface area (Å²) < 4.78 is 1.90. The Morgan fingerprint density at radius 3 is 2.50 bits per heavy atom. The number of aromatic nitrogens is 3. The van der Waals surface area contributed by atoms with Crippen LogP contribution in [-0.2, 0) is 19.9 Å². The highest BCUT2D eigenvalue weighted by atomic mass is 15.3. The lowest BCUT2D eigenvalue weighted by Crippen LogP contribution is -2.18. The summed E-state index contributed by atoms with van der Waals surface area (Å²) in [6.45, 7) is 7.27. The Hall–Kier alpha value is -0.900. The van der Waals surface area contributed by atoms with Crippen molar-refractivity contribution in [2.75, 3.05) is 6.54 Å². The van der Waals surface area contributed by atoms with Crippen LogP contribution in [-0.4, -0.2) is 21.3 Å². The van der Waals surface area contributed by atoms with E-state index in [1.165, 1.54) is 0 Å². The summed E-state index contributed by atoms with van der Waals surface area (Å²) in [5, 5.41) is 4.44. The lowest BCUT2D eigenvalue weighted by Gasteiger charge is -2.10. The second-order valence-electron chi connectivity index (χ2n) is 4.88. The zero-order valence-corrected chi connectivity index (χ0v) is 10.9. The van der Waals surface area contributed by atoms with Crippen LogP contribution in [0.3, 0.4) is 0 Å². The van der Waals surface area contributed by atoms with Gasteiger partial charge in [-0.05, 0) is 18.4 Å². The highest BCUT2D eigenvalue weighted by Gasteiger charge is 2.12. The first-order valence-corrected chi connectivity index (χ1v) is 6.15. The molecular formula is C12H24N4. The minimum Gasteiger partial charge on any atom is -0.330 e. The van der Waals surface area contributed by atoms with E-state index in [0.29, 0.717) is 11.8 Å². The zero-order chi connectivity index (χ0) is 12.1. The van der Waals surface area contributed by atoms with Gasteiger partial charge in [-0.2, -0.15) is 5.10 Å². The van der Waals surface area contributed by atoms with Crippen LogP contribution >= 0.6 is 0 Å². The summed E-state index contributed by atoms with van der Waals surface area (Å²) in [5.41, 5.74) is 5.71. The van der Waals surface area contributed by atoms with Crippen LogP contribution in [0.5, 0.6) is 0 Å². The maximum Gasteiger partial charge on any atom is 0.151 e. The van der Waals surface area contributed by atoms with Gasteiger partial charge >= 0.3 is 0 Å². The molecule has 1 unspecified atom stereocenters. The predicted molar refractivity (Wildman–Crippen MR) is 66.1 cm³/mol. The van der Waals surface area contributed by atoms with Crippen LogP contribution in [0.25, 0.3) is 0 Å². The van der Waals surface area contributed by atoms with E-state index in [9.17, 15) is 0 Å². The number of aryl methyl sites for hydroxylation is 1. The smallest absolute Gasteiger partial charge is 0.151 e. The third-order valence-electron chi connectivity index (χ3n) is 2.87. The van der Waals surface area contributed by atoms with Crippen LogP contribution in [0.4, 0.5) is 0 Å². The lowest BCUT2D eigenvalue weighted by atomic mass is 10.0. The number of hydrogen-bond acceptors (Lipinski definition) is 3. The third kappa shape index (κ3) is 3.59. The van der Waals surface area contributed by atoms with Crippen LogP contribution in [0, 0.1) is 11.8 Å². The summed E-state index contributed by atoms with van der Waals surface area (Å²) in [7, 11) is 1.97. The van der Waals surface area contributed by atoms with Crippen LogP contribution in [0.2, 0.25) is 0 Å². The third-order valence-corrected chi connectivity index (χ3v) is 2.87. The molecular weight excluding hydrogens is 200 g/mol. The Balaban J connectivity index is 2.69. The van der Waals surface area contributed by atoms with E-state index in [4.69, 9.17) is 5.73 Å². The Morgan fingerprint density at radius 1 is 1.31 bits per heavy atom. The van der Waals surface area contributed by atoms with E-state index in [1.807, 2.05) is 11.7 Å². The fourth-order valence-electron chi connectivity index (χ4n) is 1.76. The van der Waals surface area contributed by atoms with Crippen molar-refractivity contribution in [1.29, 1.82) is 0 Å². The number of hydrogen-bond donors (Lipinski definition) is 1. The molecule has 0 aliphatic carbocycles. The molecule has 0 saturated heterocycles. The molecule has 0 aliphatic rings. The van der Waals surface area contributed by atoms with E-state index < -0.39 is 0 Å². The van der Waals surface area contributed by atoms with Gasteiger partial charge in [0.05, 0.1) is 0 Å². The van der Waals surface area contributed by atoms with Gasteiger partial charge in [-0.15, -0.1) is 0 Å².